The SMILES string of the molecule is Cc1ccnc(-c2cccc(Cl)c2)c1N. The fourth-order valence-corrected chi connectivity index (χ4v) is 1.63. The van der Waals surface area contributed by atoms with E-state index in [0.29, 0.717) is 10.7 Å². The van der Waals surface area contributed by atoms with Crippen molar-refractivity contribution in [2.24, 2.45) is 0 Å². The van der Waals surface area contributed by atoms with Gasteiger partial charge < -0.3 is 5.73 Å². The Hall–Kier alpha value is -1.54. The summed E-state index contributed by atoms with van der Waals surface area (Å²) in [4.78, 5) is 4.27. The molecule has 1 aromatic carbocycles. The van der Waals surface area contributed by atoms with Crippen molar-refractivity contribution in [3.63, 3.8) is 0 Å². The molecule has 0 spiro atoms. The number of aryl methyl sites for hydroxylation is 1. The number of aromatic nitrogens is 1. The standard InChI is InChI=1S/C12H11ClN2/c1-8-5-6-15-12(11(8)14)9-3-2-4-10(13)7-9/h2-7H,14H2,1H3. The van der Waals surface area contributed by atoms with E-state index in [-0.39, 0.29) is 0 Å². The Kier molecular flexibility index (Phi) is 2.60. The van der Waals surface area contributed by atoms with Gasteiger partial charge in [-0.2, -0.15) is 0 Å². The molecule has 0 amide bonds. The average Bonchev–Trinajstić information content (AvgIpc) is 2.22. The Morgan fingerprint density at radius 2 is 2.07 bits per heavy atom. The summed E-state index contributed by atoms with van der Waals surface area (Å²) in [5.41, 5.74) is 9.43. The van der Waals surface area contributed by atoms with Crippen molar-refractivity contribution >= 4 is 17.3 Å². The van der Waals surface area contributed by atoms with Gasteiger partial charge in [0.25, 0.3) is 0 Å². The minimum Gasteiger partial charge on any atom is -0.397 e. The number of nitrogens with two attached hydrogens (primary N) is 1. The number of pyridine rings is 1. The predicted octanol–water partition coefficient (Wildman–Crippen LogP) is 3.29. The van der Waals surface area contributed by atoms with Crippen molar-refractivity contribution in [1.29, 1.82) is 0 Å². The summed E-state index contributed by atoms with van der Waals surface area (Å²) >= 11 is 5.92. The van der Waals surface area contributed by atoms with Crippen LogP contribution in [0.5, 0.6) is 0 Å². The van der Waals surface area contributed by atoms with Gasteiger partial charge in [-0.25, -0.2) is 0 Å². The second-order valence-corrected chi connectivity index (χ2v) is 3.84. The Morgan fingerprint density at radius 1 is 1.27 bits per heavy atom. The van der Waals surface area contributed by atoms with Crippen molar-refractivity contribution in [2.45, 2.75) is 6.92 Å². The van der Waals surface area contributed by atoms with Crippen LogP contribution in [-0.2, 0) is 0 Å². The lowest BCUT2D eigenvalue weighted by atomic mass is 10.1. The van der Waals surface area contributed by atoms with Crippen molar-refractivity contribution < 1.29 is 0 Å². The first kappa shape index (κ1) is 9.99. The lowest BCUT2D eigenvalue weighted by Crippen LogP contribution is -1.95. The molecule has 0 atom stereocenters. The Labute approximate surface area is 93.7 Å². The quantitative estimate of drug-likeness (QED) is 0.798. The van der Waals surface area contributed by atoms with Gasteiger partial charge in [0.2, 0.25) is 0 Å². The van der Waals surface area contributed by atoms with Gasteiger partial charge in [-0.1, -0.05) is 23.7 Å². The van der Waals surface area contributed by atoms with Crippen LogP contribution in [-0.4, -0.2) is 4.98 Å². The van der Waals surface area contributed by atoms with Crippen LogP contribution in [0.1, 0.15) is 5.56 Å². The van der Waals surface area contributed by atoms with Crippen LogP contribution in [0, 0.1) is 6.92 Å². The summed E-state index contributed by atoms with van der Waals surface area (Å²) in [7, 11) is 0. The van der Waals surface area contributed by atoms with Crippen LogP contribution >= 0.6 is 11.6 Å². The second kappa shape index (κ2) is 3.91. The van der Waals surface area contributed by atoms with Crippen molar-refractivity contribution in [1.82, 2.24) is 4.98 Å². The van der Waals surface area contributed by atoms with E-state index in [1.807, 2.05) is 37.3 Å². The van der Waals surface area contributed by atoms with Crippen LogP contribution in [0.3, 0.4) is 0 Å². The van der Waals surface area contributed by atoms with Crippen LogP contribution in [0.4, 0.5) is 5.69 Å². The second-order valence-electron chi connectivity index (χ2n) is 3.40. The molecule has 2 rings (SSSR count). The molecule has 0 aliphatic rings. The molecule has 0 radical (unpaired) electrons. The predicted molar refractivity (Wildman–Crippen MR) is 63.8 cm³/mol. The third kappa shape index (κ3) is 1.95. The van der Waals surface area contributed by atoms with Gasteiger partial charge in [0.05, 0.1) is 11.4 Å². The molecule has 76 valence electrons. The van der Waals surface area contributed by atoms with E-state index in [2.05, 4.69) is 4.98 Å². The first-order valence-corrected chi connectivity index (χ1v) is 5.03. The Balaban J connectivity index is 2.59. The third-order valence-electron chi connectivity index (χ3n) is 2.31. The number of hydrogen-bond donors (Lipinski definition) is 1. The zero-order valence-electron chi connectivity index (χ0n) is 8.37. The topological polar surface area (TPSA) is 38.9 Å². The van der Waals surface area contributed by atoms with Gasteiger partial charge in [0, 0.05) is 16.8 Å². The fourth-order valence-electron chi connectivity index (χ4n) is 1.44. The molecule has 1 aromatic heterocycles. The fraction of sp³-hybridized carbons (Fsp3) is 0.0833. The van der Waals surface area contributed by atoms with Crippen LogP contribution in [0.15, 0.2) is 36.5 Å². The molecule has 0 saturated heterocycles. The number of anilines is 1. The molecule has 0 bridgehead atoms. The van der Waals surface area contributed by atoms with E-state index < -0.39 is 0 Å². The maximum absolute atomic E-state index is 5.96. The molecule has 2 nitrogen and oxygen atoms in total. The first-order chi connectivity index (χ1) is 7.18. The summed E-state index contributed by atoms with van der Waals surface area (Å²) in [5.74, 6) is 0. The van der Waals surface area contributed by atoms with Crippen LogP contribution < -0.4 is 5.73 Å². The van der Waals surface area contributed by atoms with Gasteiger partial charge in [0.1, 0.15) is 0 Å². The number of hydrogen-bond acceptors (Lipinski definition) is 2. The molecule has 0 saturated carbocycles. The normalized spacial score (nSPS) is 10.3. The van der Waals surface area contributed by atoms with Crippen molar-refractivity contribution in [2.75, 3.05) is 5.73 Å². The lowest BCUT2D eigenvalue weighted by molar-refractivity contribution is 1.29. The Morgan fingerprint density at radius 3 is 2.80 bits per heavy atom. The van der Waals surface area contributed by atoms with E-state index in [4.69, 9.17) is 17.3 Å². The molecule has 0 fully saturated rings. The summed E-state index contributed by atoms with van der Waals surface area (Å²) in [6.07, 6.45) is 1.75. The highest BCUT2D eigenvalue weighted by atomic mass is 35.5. The third-order valence-corrected chi connectivity index (χ3v) is 2.54. The molecule has 15 heavy (non-hydrogen) atoms. The minimum absolute atomic E-state index is 0.690. The highest BCUT2D eigenvalue weighted by Crippen LogP contribution is 2.27. The molecule has 1 heterocycles. The highest BCUT2D eigenvalue weighted by molar-refractivity contribution is 6.30. The molecule has 0 aliphatic carbocycles. The largest absolute Gasteiger partial charge is 0.397 e. The first-order valence-electron chi connectivity index (χ1n) is 4.65. The minimum atomic E-state index is 0.690. The Bertz CT molecular complexity index is 495. The zero-order valence-corrected chi connectivity index (χ0v) is 9.12. The van der Waals surface area contributed by atoms with E-state index in [1.54, 1.807) is 6.20 Å². The smallest absolute Gasteiger partial charge is 0.0934 e. The number of rotatable bonds is 1. The van der Waals surface area contributed by atoms with Gasteiger partial charge in [-0.3, -0.25) is 4.98 Å². The van der Waals surface area contributed by atoms with Gasteiger partial charge in [0.15, 0.2) is 0 Å². The number of benzene rings is 1. The number of nitrogen functional groups attached to an aromatic ring is 1. The van der Waals surface area contributed by atoms with Gasteiger partial charge in [-0.05, 0) is 30.7 Å². The summed E-state index contributed by atoms with van der Waals surface area (Å²) in [5, 5.41) is 0.690. The maximum atomic E-state index is 5.96. The molecule has 2 N–H and O–H groups in total. The van der Waals surface area contributed by atoms with Crippen LogP contribution in [0.2, 0.25) is 5.02 Å². The van der Waals surface area contributed by atoms with E-state index in [1.165, 1.54) is 0 Å². The number of nitrogens with zero attached hydrogens (tertiary/aromatic N) is 1. The van der Waals surface area contributed by atoms with Crippen LogP contribution in [0.25, 0.3) is 11.3 Å². The molecule has 0 aliphatic heterocycles. The monoisotopic (exact) mass is 218 g/mol. The summed E-state index contributed by atoms with van der Waals surface area (Å²) in [6.45, 7) is 1.96. The van der Waals surface area contributed by atoms with E-state index in [9.17, 15) is 0 Å². The van der Waals surface area contributed by atoms with E-state index in [0.717, 1.165) is 16.8 Å². The van der Waals surface area contributed by atoms with Gasteiger partial charge >= 0.3 is 0 Å². The molecule has 2 aromatic rings. The van der Waals surface area contributed by atoms with Crippen molar-refractivity contribution in [3.05, 3.63) is 47.1 Å². The van der Waals surface area contributed by atoms with Crippen molar-refractivity contribution in [3.8, 4) is 11.3 Å². The number of halogens is 1. The summed E-state index contributed by atoms with van der Waals surface area (Å²) < 4.78 is 0. The molecule has 3 heteroatoms. The summed E-state index contributed by atoms with van der Waals surface area (Å²) in [6, 6.07) is 9.42. The molecular weight excluding hydrogens is 208 g/mol. The average molecular weight is 219 g/mol. The molecule has 0 unspecified atom stereocenters. The van der Waals surface area contributed by atoms with Gasteiger partial charge in [-0.15, -0.1) is 0 Å². The lowest BCUT2D eigenvalue weighted by Gasteiger charge is -2.07. The maximum Gasteiger partial charge on any atom is 0.0934 e. The van der Waals surface area contributed by atoms with E-state index >= 15 is 0 Å². The molecular formula is C12H11ClN2. The zero-order chi connectivity index (χ0) is 10.8. The highest BCUT2D eigenvalue weighted by Gasteiger charge is 2.05.